The molecule has 3 N–H and O–H groups in total. The van der Waals surface area contributed by atoms with Crippen molar-refractivity contribution in [2.75, 3.05) is 6.61 Å². The number of aryl methyl sites for hydroxylation is 1. The summed E-state index contributed by atoms with van der Waals surface area (Å²) in [5, 5.41) is 3.99. The molecule has 0 aliphatic heterocycles. The number of H-pyrrole nitrogens is 1. The Hall–Kier alpha value is -3.34. The molecule has 27 heavy (non-hydrogen) atoms. The number of hydrazone groups is 1. The Labute approximate surface area is 158 Å². The highest BCUT2D eigenvalue weighted by Crippen LogP contribution is 2.30. The average Bonchev–Trinajstić information content (AvgIpc) is 3.03. The van der Waals surface area contributed by atoms with Gasteiger partial charge in [0.25, 0.3) is 0 Å². The van der Waals surface area contributed by atoms with Gasteiger partial charge < -0.3 is 15.6 Å². The lowest BCUT2D eigenvalue weighted by Gasteiger charge is -2.10. The number of carbonyl (C=O) groups excluding carboxylic acids is 1. The second-order valence-electron chi connectivity index (χ2n) is 6.18. The van der Waals surface area contributed by atoms with E-state index in [1.54, 1.807) is 6.92 Å². The predicted octanol–water partition coefficient (Wildman–Crippen LogP) is 4.07. The van der Waals surface area contributed by atoms with Crippen molar-refractivity contribution >= 4 is 11.7 Å². The zero-order chi connectivity index (χ0) is 19.2. The third-order valence-corrected chi connectivity index (χ3v) is 4.44. The van der Waals surface area contributed by atoms with Gasteiger partial charge in [0.15, 0.2) is 0 Å². The van der Waals surface area contributed by atoms with Crippen LogP contribution in [0.1, 0.15) is 34.1 Å². The number of ether oxygens (including phenoxy) is 1. The van der Waals surface area contributed by atoms with E-state index in [1.165, 1.54) is 0 Å². The van der Waals surface area contributed by atoms with Crippen molar-refractivity contribution < 1.29 is 9.53 Å². The molecular weight excluding hydrogens is 338 g/mol. The highest BCUT2D eigenvalue weighted by Gasteiger charge is 2.24. The molecule has 0 aliphatic carbocycles. The SMILES string of the molecule is CCOC(=O)c1c(C)[nH]c(-c2ccccc2)c1C/C(=N\N)c1ccccc1. The number of nitrogens with zero attached hydrogens (tertiary/aromatic N) is 1. The van der Waals surface area contributed by atoms with Crippen LogP contribution in [0.2, 0.25) is 0 Å². The molecule has 1 heterocycles. The van der Waals surface area contributed by atoms with Gasteiger partial charge in [-0.3, -0.25) is 0 Å². The molecule has 0 saturated heterocycles. The zero-order valence-electron chi connectivity index (χ0n) is 15.5. The molecular formula is C22H23N3O2. The number of benzene rings is 2. The second kappa shape index (κ2) is 8.36. The quantitative estimate of drug-likeness (QED) is 0.300. The van der Waals surface area contributed by atoms with Gasteiger partial charge >= 0.3 is 5.97 Å². The van der Waals surface area contributed by atoms with Crippen molar-refractivity contribution in [3.63, 3.8) is 0 Å². The topological polar surface area (TPSA) is 80.5 Å². The smallest absolute Gasteiger partial charge is 0.340 e. The molecule has 1 aromatic heterocycles. The summed E-state index contributed by atoms with van der Waals surface area (Å²) in [6.07, 6.45) is 0.420. The van der Waals surface area contributed by atoms with Gasteiger partial charge in [-0.15, -0.1) is 0 Å². The molecule has 0 unspecified atom stereocenters. The summed E-state index contributed by atoms with van der Waals surface area (Å²) in [5.74, 6) is 5.35. The van der Waals surface area contributed by atoms with Crippen molar-refractivity contribution in [1.29, 1.82) is 0 Å². The molecule has 138 valence electrons. The summed E-state index contributed by atoms with van der Waals surface area (Å²) in [6.45, 7) is 4.00. The molecule has 0 radical (unpaired) electrons. The van der Waals surface area contributed by atoms with E-state index in [4.69, 9.17) is 10.6 Å². The largest absolute Gasteiger partial charge is 0.462 e. The average molecular weight is 361 g/mol. The molecule has 5 nitrogen and oxygen atoms in total. The predicted molar refractivity (Wildman–Crippen MR) is 108 cm³/mol. The number of aromatic amines is 1. The van der Waals surface area contributed by atoms with Crippen LogP contribution in [0.15, 0.2) is 65.8 Å². The van der Waals surface area contributed by atoms with Gasteiger partial charge in [0, 0.05) is 12.1 Å². The second-order valence-corrected chi connectivity index (χ2v) is 6.18. The van der Waals surface area contributed by atoms with Crippen LogP contribution in [-0.2, 0) is 11.2 Å². The Morgan fingerprint density at radius 1 is 1.07 bits per heavy atom. The van der Waals surface area contributed by atoms with Crippen molar-refractivity contribution in [1.82, 2.24) is 4.98 Å². The van der Waals surface area contributed by atoms with Crippen LogP contribution < -0.4 is 5.84 Å². The Morgan fingerprint density at radius 3 is 2.30 bits per heavy atom. The first kappa shape index (κ1) is 18.5. The van der Waals surface area contributed by atoms with Crippen molar-refractivity contribution in [3.8, 4) is 11.3 Å². The summed E-state index contributed by atoms with van der Waals surface area (Å²) >= 11 is 0. The number of hydrogen-bond donors (Lipinski definition) is 2. The zero-order valence-corrected chi connectivity index (χ0v) is 15.5. The first-order valence-corrected chi connectivity index (χ1v) is 8.91. The maximum absolute atomic E-state index is 12.6. The van der Waals surface area contributed by atoms with E-state index in [2.05, 4.69) is 10.1 Å². The van der Waals surface area contributed by atoms with E-state index in [-0.39, 0.29) is 5.97 Å². The first-order valence-electron chi connectivity index (χ1n) is 8.91. The van der Waals surface area contributed by atoms with Gasteiger partial charge in [-0.05, 0) is 30.5 Å². The van der Waals surface area contributed by atoms with Crippen molar-refractivity contribution in [2.45, 2.75) is 20.3 Å². The van der Waals surface area contributed by atoms with Crippen LogP contribution in [-0.4, -0.2) is 23.3 Å². The number of aromatic nitrogens is 1. The molecule has 3 rings (SSSR count). The lowest BCUT2D eigenvalue weighted by Crippen LogP contribution is -2.13. The summed E-state index contributed by atoms with van der Waals surface area (Å²) in [5.41, 5.74) is 5.67. The minimum atomic E-state index is -0.340. The molecule has 0 spiro atoms. The summed E-state index contributed by atoms with van der Waals surface area (Å²) in [6, 6.07) is 19.6. The Bertz CT molecular complexity index is 944. The highest BCUT2D eigenvalue weighted by atomic mass is 16.5. The van der Waals surface area contributed by atoms with E-state index in [1.807, 2.05) is 67.6 Å². The number of nitrogens with two attached hydrogens (primary N) is 1. The van der Waals surface area contributed by atoms with Crippen LogP contribution in [0.5, 0.6) is 0 Å². The lowest BCUT2D eigenvalue weighted by molar-refractivity contribution is 0.0525. The fourth-order valence-electron chi connectivity index (χ4n) is 3.20. The fraction of sp³-hybridized carbons (Fsp3) is 0.182. The fourth-order valence-corrected chi connectivity index (χ4v) is 3.20. The van der Waals surface area contributed by atoms with Gasteiger partial charge in [-0.25, -0.2) is 4.79 Å². The maximum Gasteiger partial charge on any atom is 0.340 e. The molecule has 0 fully saturated rings. The Kier molecular flexibility index (Phi) is 5.71. The molecule has 0 bridgehead atoms. The van der Waals surface area contributed by atoms with E-state index in [0.29, 0.717) is 24.3 Å². The van der Waals surface area contributed by atoms with Gasteiger partial charge in [-0.2, -0.15) is 5.10 Å². The van der Waals surface area contributed by atoms with Crippen LogP contribution >= 0.6 is 0 Å². The van der Waals surface area contributed by atoms with Crippen LogP contribution in [0.3, 0.4) is 0 Å². The summed E-state index contributed by atoms with van der Waals surface area (Å²) in [4.78, 5) is 16.0. The first-order chi connectivity index (χ1) is 13.2. The summed E-state index contributed by atoms with van der Waals surface area (Å²) < 4.78 is 5.29. The van der Waals surface area contributed by atoms with Crippen LogP contribution in [0.25, 0.3) is 11.3 Å². The van der Waals surface area contributed by atoms with Gasteiger partial charge in [-0.1, -0.05) is 60.7 Å². The number of carbonyl (C=O) groups is 1. The molecule has 0 atom stereocenters. The monoisotopic (exact) mass is 361 g/mol. The van der Waals surface area contributed by atoms with E-state index >= 15 is 0 Å². The minimum Gasteiger partial charge on any atom is -0.462 e. The number of nitrogens with one attached hydrogen (secondary N) is 1. The van der Waals surface area contributed by atoms with Crippen LogP contribution in [0.4, 0.5) is 0 Å². The highest BCUT2D eigenvalue weighted by molar-refractivity contribution is 6.05. The molecule has 0 aliphatic rings. The third-order valence-electron chi connectivity index (χ3n) is 4.44. The standard InChI is InChI=1S/C22H23N3O2/c1-3-27-22(26)20-15(2)24-21(17-12-8-5-9-13-17)18(20)14-19(25-23)16-10-6-4-7-11-16/h4-13,24H,3,14,23H2,1-2H3/b25-19+. The molecule has 2 aromatic carbocycles. The van der Waals surface area contributed by atoms with Gasteiger partial charge in [0.05, 0.1) is 23.6 Å². The van der Waals surface area contributed by atoms with Gasteiger partial charge in [0.1, 0.15) is 0 Å². The Balaban J connectivity index is 2.12. The normalized spacial score (nSPS) is 11.4. The van der Waals surface area contributed by atoms with E-state index < -0.39 is 0 Å². The van der Waals surface area contributed by atoms with E-state index in [9.17, 15) is 4.79 Å². The number of esters is 1. The molecule has 0 amide bonds. The third kappa shape index (κ3) is 3.92. The number of hydrogen-bond acceptors (Lipinski definition) is 4. The van der Waals surface area contributed by atoms with Crippen molar-refractivity contribution in [2.24, 2.45) is 10.9 Å². The Morgan fingerprint density at radius 2 is 1.70 bits per heavy atom. The number of rotatable bonds is 6. The van der Waals surface area contributed by atoms with E-state index in [0.717, 1.165) is 28.1 Å². The molecule has 5 heteroatoms. The van der Waals surface area contributed by atoms with Crippen molar-refractivity contribution in [3.05, 3.63) is 83.0 Å². The lowest BCUT2D eigenvalue weighted by atomic mass is 9.96. The molecule has 3 aromatic rings. The molecule has 0 saturated carbocycles. The minimum absolute atomic E-state index is 0.320. The summed E-state index contributed by atoms with van der Waals surface area (Å²) in [7, 11) is 0. The van der Waals surface area contributed by atoms with Crippen LogP contribution in [0, 0.1) is 6.92 Å². The van der Waals surface area contributed by atoms with Gasteiger partial charge in [0.2, 0.25) is 0 Å². The maximum atomic E-state index is 12.6.